The molecule has 3 nitrogen and oxygen atoms in total. The number of nitrogens with one attached hydrogen (secondary N) is 1. The van der Waals surface area contributed by atoms with Crippen LogP contribution in [0.5, 0.6) is 0 Å². The minimum atomic E-state index is -0.405. The van der Waals surface area contributed by atoms with E-state index in [1.807, 2.05) is 0 Å². The molecule has 0 saturated heterocycles. The Morgan fingerprint density at radius 2 is 1.81 bits per heavy atom. The quantitative estimate of drug-likeness (QED) is 0.695. The molecular formula is C13H25NO2. The molecule has 0 aliphatic heterocycles. The van der Waals surface area contributed by atoms with Gasteiger partial charge in [-0.15, -0.1) is 0 Å². The second kappa shape index (κ2) is 5.03. The first-order valence-corrected chi connectivity index (χ1v) is 6.60. The molecule has 0 aromatic heterocycles. The summed E-state index contributed by atoms with van der Waals surface area (Å²) in [5.74, 6) is 0. The summed E-state index contributed by atoms with van der Waals surface area (Å²) in [5, 5.41) is 13.7. The molecule has 0 heterocycles. The van der Waals surface area contributed by atoms with Crippen LogP contribution in [0.15, 0.2) is 0 Å². The lowest BCUT2D eigenvalue weighted by Gasteiger charge is -2.24. The van der Waals surface area contributed by atoms with Crippen molar-refractivity contribution in [2.45, 2.75) is 50.5 Å². The molecule has 16 heavy (non-hydrogen) atoms. The Morgan fingerprint density at radius 3 is 2.38 bits per heavy atom. The maximum absolute atomic E-state index is 10.2. The molecule has 3 heteroatoms. The largest absolute Gasteiger partial charge is 0.389 e. The highest BCUT2D eigenvalue weighted by Gasteiger charge is 2.42. The van der Waals surface area contributed by atoms with Gasteiger partial charge in [-0.25, -0.2) is 0 Å². The van der Waals surface area contributed by atoms with Gasteiger partial charge in [0, 0.05) is 26.8 Å². The summed E-state index contributed by atoms with van der Waals surface area (Å²) < 4.78 is 5.14. The molecule has 0 radical (unpaired) electrons. The summed E-state index contributed by atoms with van der Waals surface area (Å²) in [5.41, 5.74) is 0.0856. The molecule has 94 valence electrons. The topological polar surface area (TPSA) is 41.5 Å². The zero-order chi connectivity index (χ0) is 11.5. The predicted octanol–water partition coefficient (Wildman–Crippen LogP) is 1.70. The van der Waals surface area contributed by atoms with E-state index in [4.69, 9.17) is 4.74 Å². The number of hydrogen-bond acceptors (Lipinski definition) is 3. The van der Waals surface area contributed by atoms with Crippen LogP contribution in [0.1, 0.15) is 44.9 Å². The zero-order valence-corrected chi connectivity index (χ0v) is 10.4. The minimum absolute atomic E-state index is 0.405. The lowest BCUT2D eigenvalue weighted by Crippen LogP contribution is -2.40. The summed E-state index contributed by atoms with van der Waals surface area (Å²) in [6.07, 6.45) is 8.13. The van der Waals surface area contributed by atoms with Gasteiger partial charge in [0.2, 0.25) is 0 Å². The van der Waals surface area contributed by atoms with Crippen LogP contribution in [0.2, 0.25) is 0 Å². The molecule has 2 aliphatic carbocycles. The Morgan fingerprint density at radius 1 is 1.12 bits per heavy atom. The van der Waals surface area contributed by atoms with Gasteiger partial charge in [0.1, 0.15) is 0 Å². The lowest BCUT2D eigenvalue weighted by molar-refractivity contribution is 0.0460. The summed E-state index contributed by atoms with van der Waals surface area (Å²) in [7, 11) is 1.77. The van der Waals surface area contributed by atoms with Crippen LogP contribution in [0.4, 0.5) is 0 Å². The summed E-state index contributed by atoms with van der Waals surface area (Å²) in [6, 6.07) is 0. The molecule has 0 unspecified atom stereocenters. The van der Waals surface area contributed by atoms with Gasteiger partial charge >= 0.3 is 0 Å². The van der Waals surface area contributed by atoms with Crippen molar-refractivity contribution < 1.29 is 9.84 Å². The van der Waals surface area contributed by atoms with Gasteiger partial charge in [-0.05, 0) is 37.5 Å². The minimum Gasteiger partial charge on any atom is -0.389 e. The average molecular weight is 227 g/mol. The van der Waals surface area contributed by atoms with Crippen molar-refractivity contribution >= 4 is 0 Å². The van der Waals surface area contributed by atoms with Gasteiger partial charge in [0.05, 0.1) is 5.60 Å². The fourth-order valence-electron chi connectivity index (χ4n) is 2.78. The van der Waals surface area contributed by atoms with E-state index in [-0.39, 0.29) is 0 Å². The monoisotopic (exact) mass is 227 g/mol. The van der Waals surface area contributed by atoms with Gasteiger partial charge in [0.25, 0.3) is 0 Å². The van der Waals surface area contributed by atoms with Crippen LogP contribution in [-0.4, -0.2) is 37.5 Å². The van der Waals surface area contributed by atoms with E-state index in [9.17, 15) is 5.11 Å². The van der Waals surface area contributed by atoms with Gasteiger partial charge in [-0.1, -0.05) is 12.8 Å². The Labute approximate surface area is 98.6 Å². The highest BCUT2D eigenvalue weighted by Crippen LogP contribution is 2.48. The van der Waals surface area contributed by atoms with Crippen molar-refractivity contribution in [2.24, 2.45) is 5.41 Å². The normalized spacial score (nSPS) is 25.9. The Balaban J connectivity index is 1.64. The van der Waals surface area contributed by atoms with Gasteiger partial charge < -0.3 is 15.2 Å². The lowest BCUT2D eigenvalue weighted by atomic mass is 10.00. The maximum Gasteiger partial charge on any atom is 0.0771 e. The van der Waals surface area contributed by atoms with Crippen LogP contribution >= 0.6 is 0 Å². The maximum atomic E-state index is 10.2. The van der Waals surface area contributed by atoms with Crippen molar-refractivity contribution in [1.82, 2.24) is 5.32 Å². The third-order valence-electron chi connectivity index (χ3n) is 4.28. The summed E-state index contributed by atoms with van der Waals surface area (Å²) in [4.78, 5) is 0. The van der Waals surface area contributed by atoms with Crippen molar-refractivity contribution in [2.75, 3.05) is 26.8 Å². The third-order valence-corrected chi connectivity index (χ3v) is 4.28. The van der Waals surface area contributed by atoms with Gasteiger partial charge in [-0.2, -0.15) is 0 Å². The molecule has 0 bridgehead atoms. The highest BCUT2D eigenvalue weighted by molar-refractivity contribution is 4.96. The molecule has 2 saturated carbocycles. The molecule has 2 rings (SSSR count). The summed E-state index contributed by atoms with van der Waals surface area (Å²) >= 11 is 0. The van der Waals surface area contributed by atoms with Crippen molar-refractivity contribution in [1.29, 1.82) is 0 Å². The molecule has 0 aromatic carbocycles. The van der Waals surface area contributed by atoms with E-state index in [0.29, 0.717) is 5.41 Å². The number of hydrogen-bond donors (Lipinski definition) is 2. The van der Waals surface area contributed by atoms with Crippen LogP contribution in [-0.2, 0) is 4.74 Å². The van der Waals surface area contributed by atoms with Crippen molar-refractivity contribution in [3.8, 4) is 0 Å². The van der Waals surface area contributed by atoms with E-state index in [1.54, 1.807) is 7.11 Å². The highest BCUT2D eigenvalue weighted by atomic mass is 16.5. The average Bonchev–Trinajstić information content (AvgIpc) is 2.91. The standard InChI is InChI=1S/C13H25NO2/c1-16-9-8-12(6-7-12)10-14-11-13(15)4-2-3-5-13/h14-15H,2-11H2,1H3. The fourth-order valence-corrected chi connectivity index (χ4v) is 2.78. The second-order valence-corrected chi connectivity index (χ2v) is 5.78. The van der Waals surface area contributed by atoms with E-state index in [2.05, 4.69) is 5.32 Å². The molecule has 2 N–H and O–H groups in total. The third kappa shape index (κ3) is 3.19. The SMILES string of the molecule is COCCC1(CNCC2(O)CCCC2)CC1. The number of rotatable bonds is 7. The first-order chi connectivity index (χ1) is 7.68. The molecular weight excluding hydrogens is 202 g/mol. The molecule has 0 atom stereocenters. The molecule has 2 fully saturated rings. The first-order valence-electron chi connectivity index (χ1n) is 6.60. The van der Waals surface area contributed by atoms with Crippen LogP contribution in [0.3, 0.4) is 0 Å². The van der Waals surface area contributed by atoms with E-state index < -0.39 is 5.60 Å². The van der Waals surface area contributed by atoms with Gasteiger partial charge in [-0.3, -0.25) is 0 Å². The Kier molecular flexibility index (Phi) is 3.88. The zero-order valence-electron chi connectivity index (χ0n) is 10.4. The van der Waals surface area contributed by atoms with Crippen LogP contribution in [0.25, 0.3) is 0 Å². The second-order valence-electron chi connectivity index (χ2n) is 5.78. The number of ether oxygens (including phenoxy) is 1. The van der Waals surface area contributed by atoms with Gasteiger partial charge in [0.15, 0.2) is 0 Å². The molecule has 0 aromatic rings. The fraction of sp³-hybridized carbons (Fsp3) is 1.00. The van der Waals surface area contributed by atoms with E-state index in [1.165, 1.54) is 25.7 Å². The summed E-state index contributed by atoms with van der Waals surface area (Å²) in [6.45, 7) is 2.70. The predicted molar refractivity (Wildman–Crippen MR) is 64.4 cm³/mol. The van der Waals surface area contributed by atoms with Crippen LogP contribution < -0.4 is 5.32 Å². The number of aliphatic hydroxyl groups is 1. The molecule has 0 amide bonds. The number of methoxy groups -OCH3 is 1. The first kappa shape index (κ1) is 12.3. The van der Waals surface area contributed by atoms with Crippen molar-refractivity contribution in [3.63, 3.8) is 0 Å². The Hall–Kier alpha value is -0.120. The molecule has 2 aliphatic rings. The molecule has 0 spiro atoms. The smallest absolute Gasteiger partial charge is 0.0771 e. The Bertz CT molecular complexity index is 220. The van der Waals surface area contributed by atoms with Crippen LogP contribution in [0, 0.1) is 5.41 Å². The van der Waals surface area contributed by atoms with E-state index >= 15 is 0 Å². The van der Waals surface area contributed by atoms with Crippen molar-refractivity contribution in [3.05, 3.63) is 0 Å². The van der Waals surface area contributed by atoms with E-state index in [0.717, 1.165) is 39.0 Å².